The van der Waals surface area contributed by atoms with Crippen molar-refractivity contribution in [1.82, 2.24) is 25.5 Å². The first-order valence-electron chi connectivity index (χ1n) is 6.49. The Morgan fingerprint density at radius 2 is 2.35 bits per heavy atom. The van der Waals surface area contributed by atoms with Crippen molar-refractivity contribution in [2.75, 3.05) is 13.1 Å². The number of hydrogen-bond acceptors (Lipinski definition) is 5. The molecule has 6 nitrogen and oxygen atoms in total. The molecule has 0 saturated carbocycles. The van der Waals surface area contributed by atoms with Crippen LogP contribution in [0.2, 0.25) is 0 Å². The average Bonchev–Trinajstić information content (AvgIpc) is 3.02. The molecular weight excluding hydrogens is 252 g/mol. The summed E-state index contributed by atoms with van der Waals surface area (Å²) in [5.41, 5.74) is 2.95. The van der Waals surface area contributed by atoms with E-state index in [2.05, 4.69) is 37.7 Å². The monoisotopic (exact) mass is 266 g/mol. The quantitative estimate of drug-likeness (QED) is 0.907. The fourth-order valence-electron chi connectivity index (χ4n) is 2.40. The lowest BCUT2D eigenvalue weighted by atomic mass is 10.1. The van der Waals surface area contributed by atoms with Crippen molar-refractivity contribution in [3.05, 3.63) is 47.3 Å². The van der Waals surface area contributed by atoms with Crippen LogP contribution in [0.1, 0.15) is 23.4 Å². The lowest BCUT2D eigenvalue weighted by molar-refractivity contribution is 0.296. The second-order valence-corrected chi connectivity index (χ2v) is 4.78. The number of benzene rings is 1. The Kier molecular flexibility index (Phi) is 3.52. The fraction of sp³-hybridized carbons (Fsp3) is 0.286. The summed E-state index contributed by atoms with van der Waals surface area (Å²) in [5.74, 6) is 0.667. The van der Waals surface area contributed by atoms with Crippen LogP contribution in [-0.4, -0.2) is 38.6 Å². The lowest BCUT2D eigenvalue weighted by Gasteiger charge is -2.26. The zero-order chi connectivity index (χ0) is 13.8. The van der Waals surface area contributed by atoms with Crippen LogP contribution < -0.4 is 0 Å². The molecule has 1 aliphatic rings. The molecule has 1 aromatic heterocycles. The van der Waals surface area contributed by atoms with Crippen molar-refractivity contribution in [2.24, 2.45) is 0 Å². The summed E-state index contributed by atoms with van der Waals surface area (Å²) in [6, 6.07) is 9.91. The van der Waals surface area contributed by atoms with Gasteiger partial charge in [0.2, 0.25) is 5.82 Å². The van der Waals surface area contributed by atoms with Crippen LogP contribution in [-0.2, 0) is 6.54 Å². The molecule has 0 aliphatic carbocycles. The van der Waals surface area contributed by atoms with Crippen molar-refractivity contribution in [1.29, 1.82) is 5.26 Å². The zero-order valence-corrected chi connectivity index (χ0v) is 11.0. The van der Waals surface area contributed by atoms with Gasteiger partial charge in [-0.2, -0.15) is 10.5 Å². The van der Waals surface area contributed by atoms with Gasteiger partial charge in [0, 0.05) is 25.2 Å². The molecule has 0 unspecified atom stereocenters. The molecule has 3 rings (SSSR count). The van der Waals surface area contributed by atoms with E-state index in [1.165, 1.54) is 0 Å². The molecule has 2 aromatic rings. The Labute approximate surface area is 116 Å². The van der Waals surface area contributed by atoms with E-state index >= 15 is 0 Å². The summed E-state index contributed by atoms with van der Waals surface area (Å²) < 4.78 is 0. The van der Waals surface area contributed by atoms with Gasteiger partial charge in [-0.05, 0) is 29.3 Å². The SMILES string of the molecule is N#Cc1cccc(CN2CCC=C(c3nn[nH]n3)C2)c1. The lowest BCUT2D eigenvalue weighted by Crippen LogP contribution is -2.29. The maximum absolute atomic E-state index is 8.94. The third-order valence-electron chi connectivity index (χ3n) is 3.32. The predicted molar refractivity (Wildman–Crippen MR) is 73.2 cm³/mol. The minimum absolute atomic E-state index is 0.667. The van der Waals surface area contributed by atoms with Crippen LogP contribution in [0, 0.1) is 11.3 Å². The highest BCUT2D eigenvalue weighted by atomic mass is 15.5. The summed E-state index contributed by atoms with van der Waals surface area (Å²) in [6.45, 7) is 2.62. The van der Waals surface area contributed by atoms with Crippen molar-refractivity contribution in [3.8, 4) is 6.07 Å². The van der Waals surface area contributed by atoms with E-state index < -0.39 is 0 Å². The molecule has 20 heavy (non-hydrogen) atoms. The summed E-state index contributed by atoms with van der Waals surface area (Å²) >= 11 is 0. The highest BCUT2D eigenvalue weighted by Crippen LogP contribution is 2.19. The highest BCUT2D eigenvalue weighted by molar-refractivity contribution is 5.61. The number of hydrogen-bond donors (Lipinski definition) is 1. The molecule has 0 saturated heterocycles. The normalized spacial score (nSPS) is 15.7. The topological polar surface area (TPSA) is 81.5 Å². The molecule has 100 valence electrons. The number of aromatic nitrogens is 4. The number of H-pyrrole nitrogens is 1. The van der Waals surface area contributed by atoms with Crippen molar-refractivity contribution < 1.29 is 0 Å². The highest BCUT2D eigenvalue weighted by Gasteiger charge is 2.16. The third-order valence-corrected chi connectivity index (χ3v) is 3.32. The molecule has 0 fully saturated rings. The van der Waals surface area contributed by atoms with Crippen LogP contribution in [0.15, 0.2) is 30.3 Å². The number of rotatable bonds is 3. The first-order chi connectivity index (χ1) is 9.85. The maximum Gasteiger partial charge on any atom is 0.201 e. The van der Waals surface area contributed by atoms with E-state index in [0.717, 1.165) is 37.2 Å². The van der Waals surface area contributed by atoms with Gasteiger partial charge in [-0.15, -0.1) is 10.2 Å². The van der Waals surface area contributed by atoms with Crippen molar-refractivity contribution in [2.45, 2.75) is 13.0 Å². The molecule has 0 radical (unpaired) electrons. The number of tetrazole rings is 1. The van der Waals surface area contributed by atoms with Gasteiger partial charge in [0.05, 0.1) is 11.6 Å². The number of aromatic amines is 1. The first kappa shape index (κ1) is 12.5. The standard InChI is InChI=1S/C14H14N6/c15-8-11-3-1-4-12(7-11)9-20-6-2-5-13(10-20)14-16-18-19-17-14/h1,3-5,7H,2,6,9-10H2,(H,16,17,18,19). The van der Waals surface area contributed by atoms with Crippen molar-refractivity contribution in [3.63, 3.8) is 0 Å². The summed E-state index contributed by atoms with van der Waals surface area (Å²) in [4.78, 5) is 2.32. The van der Waals surface area contributed by atoms with Crippen LogP contribution in [0.4, 0.5) is 0 Å². The van der Waals surface area contributed by atoms with Crippen LogP contribution in [0.5, 0.6) is 0 Å². The van der Waals surface area contributed by atoms with E-state index in [-0.39, 0.29) is 0 Å². The number of nitrogens with zero attached hydrogens (tertiary/aromatic N) is 5. The van der Waals surface area contributed by atoms with Crippen molar-refractivity contribution >= 4 is 5.57 Å². The number of nitriles is 1. The number of nitrogens with one attached hydrogen (secondary N) is 1. The summed E-state index contributed by atoms with van der Waals surface area (Å²) in [6.07, 6.45) is 3.13. The molecule has 1 N–H and O–H groups in total. The Bertz CT molecular complexity index is 653. The van der Waals surface area contributed by atoms with Crippen LogP contribution in [0.25, 0.3) is 5.57 Å². The Balaban J connectivity index is 1.70. The molecule has 0 atom stereocenters. The zero-order valence-electron chi connectivity index (χ0n) is 11.0. The average molecular weight is 266 g/mol. The van der Waals surface area contributed by atoms with Crippen LogP contribution in [0.3, 0.4) is 0 Å². The third kappa shape index (κ3) is 2.73. The predicted octanol–water partition coefficient (Wildman–Crippen LogP) is 1.36. The van der Waals surface area contributed by atoms with Gasteiger partial charge in [0.1, 0.15) is 0 Å². The van der Waals surface area contributed by atoms with Gasteiger partial charge in [0.15, 0.2) is 0 Å². The Morgan fingerprint density at radius 1 is 1.40 bits per heavy atom. The van der Waals surface area contributed by atoms with E-state index in [1.807, 2.05) is 24.3 Å². The Morgan fingerprint density at radius 3 is 3.15 bits per heavy atom. The Hall–Kier alpha value is -2.52. The molecule has 0 amide bonds. The van der Waals surface area contributed by atoms with E-state index in [0.29, 0.717) is 11.4 Å². The van der Waals surface area contributed by atoms with E-state index in [1.54, 1.807) is 0 Å². The molecule has 0 bridgehead atoms. The van der Waals surface area contributed by atoms with Gasteiger partial charge in [-0.25, -0.2) is 0 Å². The first-order valence-corrected chi connectivity index (χ1v) is 6.49. The summed E-state index contributed by atoms with van der Waals surface area (Å²) in [7, 11) is 0. The molecule has 0 spiro atoms. The van der Waals surface area contributed by atoms with Gasteiger partial charge < -0.3 is 0 Å². The van der Waals surface area contributed by atoms with E-state index in [4.69, 9.17) is 5.26 Å². The van der Waals surface area contributed by atoms with E-state index in [9.17, 15) is 0 Å². The maximum atomic E-state index is 8.94. The molecular formula is C14H14N6. The fourth-order valence-corrected chi connectivity index (χ4v) is 2.40. The molecule has 2 heterocycles. The van der Waals surface area contributed by atoms with Gasteiger partial charge in [-0.3, -0.25) is 4.90 Å². The van der Waals surface area contributed by atoms with Crippen LogP contribution >= 0.6 is 0 Å². The van der Waals surface area contributed by atoms with Gasteiger partial charge in [-0.1, -0.05) is 18.2 Å². The smallest absolute Gasteiger partial charge is 0.201 e. The molecule has 1 aromatic carbocycles. The largest absolute Gasteiger partial charge is 0.294 e. The minimum Gasteiger partial charge on any atom is -0.294 e. The second-order valence-electron chi connectivity index (χ2n) is 4.78. The minimum atomic E-state index is 0.667. The second kappa shape index (κ2) is 5.63. The summed E-state index contributed by atoms with van der Waals surface area (Å²) in [5, 5.41) is 23.1. The molecule has 6 heteroatoms. The van der Waals surface area contributed by atoms with Gasteiger partial charge in [0.25, 0.3) is 0 Å². The van der Waals surface area contributed by atoms with Gasteiger partial charge >= 0.3 is 0 Å². The molecule has 1 aliphatic heterocycles.